The fraction of sp³-hybridized carbons (Fsp3) is 0.545. The standard InChI is InChI=1S/C11H16N4O2/c1-8-5-10(15(16)17)11(13-6-8)14-4-3-12-9(2)7-14/h5-6,9,12H,3-4,7H2,1-2H3/t9-/m1/s1. The molecule has 92 valence electrons. The van der Waals surface area contributed by atoms with Crippen LogP contribution >= 0.6 is 0 Å². The first kappa shape index (κ1) is 11.8. The summed E-state index contributed by atoms with van der Waals surface area (Å²) in [5.41, 5.74) is 0.905. The second-order valence-corrected chi connectivity index (χ2v) is 4.41. The Morgan fingerprint density at radius 1 is 1.65 bits per heavy atom. The lowest BCUT2D eigenvalue weighted by atomic mass is 10.2. The van der Waals surface area contributed by atoms with Gasteiger partial charge in [-0.1, -0.05) is 0 Å². The molecule has 6 heteroatoms. The average molecular weight is 236 g/mol. The number of hydrogen-bond acceptors (Lipinski definition) is 5. The number of hydrogen-bond donors (Lipinski definition) is 1. The largest absolute Gasteiger partial charge is 0.348 e. The molecular formula is C11H16N4O2. The van der Waals surface area contributed by atoms with Gasteiger partial charge in [0.05, 0.1) is 4.92 Å². The van der Waals surface area contributed by atoms with Crippen LogP contribution in [-0.4, -0.2) is 35.6 Å². The molecule has 6 nitrogen and oxygen atoms in total. The fourth-order valence-corrected chi connectivity index (χ4v) is 2.05. The molecule has 2 heterocycles. The summed E-state index contributed by atoms with van der Waals surface area (Å²) in [5, 5.41) is 14.3. The third-order valence-corrected chi connectivity index (χ3v) is 2.85. The van der Waals surface area contributed by atoms with Gasteiger partial charge in [-0.3, -0.25) is 10.1 Å². The van der Waals surface area contributed by atoms with Crippen molar-refractivity contribution in [1.29, 1.82) is 0 Å². The lowest BCUT2D eigenvalue weighted by Crippen LogP contribution is -2.49. The third kappa shape index (κ3) is 2.52. The number of pyridine rings is 1. The van der Waals surface area contributed by atoms with E-state index < -0.39 is 0 Å². The van der Waals surface area contributed by atoms with Crippen LogP contribution in [0.2, 0.25) is 0 Å². The summed E-state index contributed by atoms with van der Waals surface area (Å²) in [5.74, 6) is 0.481. The van der Waals surface area contributed by atoms with Crippen molar-refractivity contribution in [1.82, 2.24) is 10.3 Å². The molecule has 2 rings (SSSR count). The molecule has 0 spiro atoms. The van der Waals surface area contributed by atoms with E-state index in [2.05, 4.69) is 17.2 Å². The van der Waals surface area contributed by atoms with Crippen LogP contribution in [0.25, 0.3) is 0 Å². The summed E-state index contributed by atoms with van der Waals surface area (Å²) in [6.07, 6.45) is 1.68. The van der Waals surface area contributed by atoms with Gasteiger partial charge in [0.15, 0.2) is 0 Å². The van der Waals surface area contributed by atoms with Crippen molar-refractivity contribution in [2.75, 3.05) is 24.5 Å². The van der Waals surface area contributed by atoms with E-state index >= 15 is 0 Å². The number of nitrogens with zero attached hydrogens (tertiary/aromatic N) is 3. The highest BCUT2D eigenvalue weighted by Crippen LogP contribution is 2.26. The van der Waals surface area contributed by atoms with E-state index in [1.54, 1.807) is 12.3 Å². The molecule has 0 unspecified atom stereocenters. The summed E-state index contributed by atoms with van der Waals surface area (Å²) in [4.78, 5) is 16.8. The Kier molecular flexibility index (Phi) is 3.23. The minimum atomic E-state index is -0.359. The minimum Gasteiger partial charge on any atom is -0.348 e. The Morgan fingerprint density at radius 2 is 2.41 bits per heavy atom. The third-order valence-electron chi connectivity index (χ3n) is 2.85. The van der Waals surface area contributed by atoms with Crippen LogP contribution in [0.1, 0.15) is 12.5 Å². The number of nitrogens with one attached hydrogen (secondary N) is 1. The molecule has 1 aliphatic rings. The minimum absolute atomic E-state index is 0.0964. The van der Waals surface area contributed by atoms with Crippen molar-refractivity contribution in [3.8, 4) is 0 Å². The van der Waals surface area contributed by atoms with Crippen LogP contribution in [0.5, 0.6) is 0 Å². The molecule has 0 saturated carbocycles. The molecule has 1 aliphatic heterocycles. The first-order valence-corrected chi connectivity index (χ1v) is 5.67. The highest BCUT2D eigenvalue weighted by Gasteiger charge is 2.24. The number of aryl methyl sites for hydroxylation is 1. The van der Waals surface area contributed by atoms with E-state index in [-0.39, 0.29) is 10.6 Å². The monoisotopic (exact) mass is 236 g/mol. The molecule has 1 N–H and O–H groups in total. The van der Waals surface area contributed by atoms with Crippen molar-refractivity contribution in [2.45, 2.75) is 19.9 Å². The zero-order valence-electron chi connectivity index (χ0n) is 10.0. The Morgan fingerprint density at radius 3 is 3.06 bits per heavy atom. The van der Waals surface area contributed by atoms with Gasteiger partial charge in [0.25, 0.3) is 0 Å². The average Bonchev–Trinajstić information content (AvgIpc) is 2.28. The molecule has 0 aromatic carbocycles. The SMILES string of the molecule is Cc1cnc(N2CCN[C@H](C)C2)c([N+](=O)[O-])c1. The molecule has 0 aliphatic carbocycles. The molecule has 1 saturated heterocycles. The van der Waals surface area contributed by atoms with E-state index in [4.69, 9.17) is 0 Å². The van der Waals surface area contributed by atoms with E-state index in [9.17, 15) is 10.1 Å². The summed E-state index contributed by atoms with van der Waals surface area (Å²) in [7, 11) is 0. The van der Waals surface area contributed by atoms with Gasteiger partial charge in [-0.25, -0.2) is 4.98 Å². The Balaban J connectivity index is 2.33. The second-order valence-electron chi connectivity index (χ2n) is 4.41. The summed E-state index contributed by atoms with van der Waals surface area (Å²) >= 11 is 0. The van der Waals surface area contributed by atoms with Crippen molar-refractivity contribution < 1.29 is 4.92 Å². The smallest absolute Gasteiger partial charge is 0.311 e. The number of rotatable bonds is 2. The van der Waals surface area contributed by atoms with Crippen LogP contribution < -0.4 is 10.2 Å². The molecule has 17 heavy (non-hydrogen) atoms. The van der Waals surface area contributed by atoms with Gasteiger partial charge in [-0.05, 0) is 19.4 Å². The van der Waals surface area contributed by atoms with E-state index in [0.29, 0.717) is 11.9 Å². The fourth-order valence-electron chi connectivity index (χ4n) is 2.05. The van der Waals surface area contributed by atoms with Crippen molar-refractivity contribution >= 4 is 11.5 Å². The highest BCUT2D eigenvalue weighted by molar-refractivity contribution is 5.58. The second kappa shape index (κ2) is 4.67. The summed E-state index contributed by atoms with van der Waals surface area (Å²) in [6, 6.07) is 1.90. The topological polar surface area (TPSA) is 71.3 Å². The number of anilines is 1. The van der Waals surface area contributed by atoms with Gasteiger partial charge in [0.2, 0.25) is 5.82 Å². The zero-order chi connectivity index (χ0) is 12.4. The van der Waals surface area contributed by atoms with Gasteiger partial charge in [0, 0.05) is 37.9 Å². The summed E-state index contributed by atoms with van der Waals surface area (Å²) in [6.45, 7) is 6.20. The lowest BCUT2D eigenvalue weighted by molar-refractivity contribution is -0.384. The summed E-state index contributed by atoms with van der Waals surface area (Å²) < 4.78 is 0. The Bertz CT molecular complexity index is 435. The van der Waals surface area contributed by atoms with Crippen molar-refractivity contribution in [3.63, 3.8) is 0 Å². The molecule has 1 atom stereocenters. The van der Waals surface area contributed by atoms with Gasteiger partial charge < -0.3 is 10.2 Å². The molecule has 1 aromatic rings. The van der Waals surface area contributed by atoms with E-state index in [1.165, 1.54) is 0 Å². The number of nitro groups is 1. The van der Waals surface area contributed by atoms with Gasteiger partial charge >= 0.3 is 5.69 Å². The van der Waals surface area contributed by atoms with Crippen LogP contribution in [0, 0.1) is 17.0 Å². The highest BCUT2D eigenvalue weighted by atomic mass is 16.6. The van der Waals surface area contributed by atoms with Gasteiger partial charge in [-0.15, -0.1) is 0 Å². The Hall–Kier alpha value is -1.69. The number of piperazine rings is 1. The predicted octanol–water partition coefficient (Wildman–Crippen LogP) is 1.10. The molecule has 1 fully saturated rings. The van der Waals surface area contributed by atoms with Gasteiger partial charge in [0.1, 0.15) is 0 Å². The molecular weight excluding hydrogens is 220 g/mol. The number of aromatic nitrogens is 1. The normalized spacial score (nSPS) is 20.4. The zero-order valence-corrected chi connectivity index (χ0v) is 10.0. The molecule has 0 amide bonds. The Labute approximate surface area is 99.8 Å². The predicted molar refractivity (Wildman–Crippen MR) is 65.3 cm³/mol. The van der Waals surface area contributed by atoms with Gasteiger partial charge in [-0.2, -0.15) is 0 Å². The van der Waals surface area contributed by atoms with Crippen LogP contribution in [0.3, 0.4) is 0 Å². The maximum Gasteiger partial charge on any atom is 0.311 e. The van der Waals surface area contributed by atoms with Crippen LogP contribution in [0.15, 0.2) is 12.3 Å². The van der Waals surface area contributed by atoms with E-state index in [1.807, 2.05) is 11.8 Å². The van der Waals surface area contributed by atoms with Crippen LogP contribution in [0.4, 0.5) is 11.5 Å². The maximum atomic E-state index is 11.0. The quantitative estimate of drug-likeness (QED) is 0.615. The van der Waals surface area contributed by atoms with E-state index in [0.717, 1.165) is 25.2 Å². The molecule has 0 radical (unpaired) electrons. The molecule has 1 aromatic heterocycles. The van der Waals surface area contributed by atoms with Crippen molar-refractivity contribution in [3.05, 3.63) is 27.9 Å². The first-order chi connectivity index (χ1) is 8.08. The maximum absolute atomic E-state index is 11.0. The molecule has 0 bridgehead atoms. The first-order valence-electron chi connectivity index (χ1n) is 5.67. The van der Waals surface area contributed by atoms with Crippen molar-refractivity contribution in [2.24, 2.45) is 0 Å². The van der Waals surface area contributed by atoms with Crippen LogP contribution in [-0.2, 0) is 0 Å². The lowest BCUT2D eigenvalue weighted by Gasteiger charge is -2.32.